The molecule has 2 N–H and O–H groups in total. The Morgan fingerprint density at radius 3 is 2.92 bits per heavy atom. The molecule has 2 heterocycles. The topological polar surface area (TPSA) is 75.6 Å². The van der Waals surface area contributed by atoms with Gasteiger partial charge in [-0.25, -0.2) is 0 Å². The van der Waals surface area contributed by atoms with Crippen LogP contribution in [0.2, 0.25) is 0 Å². The average Bonchev–Trinajstić information content (AvgIpc) is 3.02. The minimum absolute atomic E-state index is 0.112. The Hall–Kier alpha value is -2.18. The quantitative estimate of drug-likeness (QED) is 0.832. The first kappa shape index (κ1) is 17.6. The van der Waals surface area contributed by atoms with E-state index in [0.717, 1.165) is 23.1 Å². The molecule has 1 unspecified atom stereocenters. The Labute approximate surface area is 150 Å². The van der Waals surface area contributed by atoms with Gasteiger partial charge in [0.1, 0.15) is 0 Å². The number of rotatable bonds is 6. The van der Waals surface area contributed by atoms with Gasteiger partial charge >= 0.3 is 5.97 Å². The van der Waals surface area contributed by atoms with Gasteiger partial charge in [-0.05, 0) is 30.5 Å². The van der Waals surface area contributed by atoms with Crippen LogP contribution in [-0.2, 0) is 29.0 Å². The number of hydrogen-bond acceptors (Lipinski definition) is 4. The van der Waals surface area contributed by atoms with Gasteiger partial charge in [0.25, 0.3) is 5.91 Å². The number of fused-ring (bicyclic) bond motifs is 1. The number of aliphatic carboxylic acids is 1. The number of ether oxygens (including phenoxy) is 1. The van der Waals surface area contributed by atoms with Gasteiger partial charge in [-0.2, -0.15) is 0 Å². The SMILES string of the molecule is Cc1cccc(CC(CNC(=O)c2cc3c(s2)CCOC3)C(=O)O)c1. The van der Waals surface area contributed by atoms with E-state index >= 15 is 0 Å². The van der Waals surface area contributed by atoms with Crippen molar-refractivity contribution in [3.63, 3.8) is 0 Å². The van der Waals surface area contributed by atoms with E-state index in [9.17, 15) is 14.7 Å². The van der Waals surface area contributed by atoms with Gasteiger partial charge in [0.05, 0.1) is 24.0 Å². The van der Waals surface area contributed by atoms with Crippen LogP contribution < -0.4 is 5.32 Å². The minimum atomic E-state index is -0.902. The van der Waals surface area contributed by atoms with E-state index < -0.39 is 11.9 Å². The number of thiophene rings is 1. The molecule has 1 amide bonds. The summed E-state index contributed by atoms with van der Waals surface area (Å²) in [6.07, 6.45) is 1.23. The molecule has 5 nitrogen and oxygen atoms in total. The third-order valence-corrected chi connectivity index (χ3v) is 5.51. The van der Waals surface area contributed by atoms with E-state index in [-0.39, 0.29) is 12.5 Å². The van der Waals surface area contributed by atoms with Crippen molar-refractivity contribution in [3.8, 4) is 0 Å². The molecule has 0 saturated heterocycles. The fourth-order valence-corrected chi connectivity index (χ4v) is 4.00. The molecular formula is C19H21NO4S. The fraction of sp³-hybridized carbons (Fsp3) is 0.368. The number of hydrogen-bond donors (Lipinski definition) is 2. The predicted molar refractivity (Wildman–Crippen MR) is 96.0 cm³/mol. The van der Waals surface area contributed by atoms with Gasteiger partial charge < -0.3 is 15.2 Å². The number of amides is 1. The van der Waals surface area contributed by atoms with Gasteiger partial charge in [0, 0.05) is 17.8 Å². The zero-order valence-electron chi connectivity index (χ0n) is 14.1. The van der Waals surface area contributed by atoms with E-state index in [1.54, 1.807) is 0 Å². The van der Waals surface area contributed by atoms with Gasteiger partial charge in [0.2, 0.25) is 0 Å². The number of carboxylic acids is 1. The predicted octanol–water partition coefficient (Wildman–Crippen LogP) is 2.80. The van der Waals surface area contributed by atoms with Crippen molar-refractivity contribution in [2.75, 3.05) is 13.2 Å². The van der Waals surface area contributed by atoms with Crippen LogP contribution in [0.3, 0.4) is 0 Å². The molecule has 0 bridgehead atoms. The first-order chi connectivity index (χ1) is 12.0. The highest BCUT2D eigenvalue weighted by Gasteiger charge is 2.21. The van der Waals surface area contributed by atoms with Gasteiger partial charge in [0.15, 0.2) is 0 Å². The van der Waals surface area contributed by atoms with Crippen LogP contribution in [0.5, 0.6) is 0 Å². The molecular weight excluding hydrogens is 338 g/mol. The minimum Gasteiger partial charge on any atom is -0.481 e. The summed E-state index contributed by atoms with van der Waals surface area (Å²) < 4.78 is 5.39. The molecule has 3 rings (SSSR count). The Bertz CT molecular complexity index is 760. The van der Waals surface area contributed by atoms with Gasteiger partial charge in [-0.15, -0.1) is 11.3 Å². The molecule has 0 saturated carbocycles. The van der Waals surface area contributed by atoms with Crippen LogP contribution in [0, 0.1) is 12.8 Å². The molecule has 6 heteroatoms. The van der Waals surface area contributed by atoms with E-state index in [0.29, 0.717) is 24.5 Å². The summed E-state index contributed by atoms with van der Waals surface area (Å²) in [5.41, 5.74) is 3.12. The molecule has 1 aliphatic heterocycles. The monoisotopic (exact) mass is 359 g/mol. The van der Waals surface area contributed by atoms with E-state index in [2.05, 4.69) is 5.32 Å². The van der Waals surface area contributed by atoms with Crippen LogP contribution in [0.4, 0.5) is 0 Å². The highest BCUT2D eigenvalue weighted by atomic mass is 32.1. The van der Waals surface area contributed by atoms with Crippen LogP contribution in [-0.4, -0.2) is 30.1 Å². The lowest BCUT2D eigenvalue weighted by Gasteiger charge is -2.13. The van der Waals surface area contributed by atoms with Crippen molar-refractivity contribution >= 4 is 23.2 Å². The normalized spacial score (nSPS) is 14.6. The summed E-state index contributed by atoms with van der Waals surface area (Å²) in [6.45, 7) is 3.32. The third kappa shape index (κ3) is 4.46. The second-order valence-corrected chi connectivity index (χ2v) is 7.44. The molecule has 0 radical (unpaired) electrons. The summed E-state index contributed by atoms with van der Waals surface area (Å²) in [4.78, 5) is 25.7. The smallest absolute Gasteiger partial charge is 0.308 e. The molecule has 25 heavy (non-hydrogen) atoms. The lowest BCUT2D eigenvalue weighted by Crippen LogP contribution is -2.33. The highest BCUT2D eigenvalue weighted by Crippen LogP contribution is 2.26. The summed E-state index contributed by atoms with van der Waals surface area (Å²) >= 11 is 1.47. The maximum absolute atomic E-state index is 12.4. The van der Waals surface area contributed by atoms with Crippen molar-refractivity contribution in [2.45, 2.75) is 26.4 Å². The number of carbonyl (C=O) groups is 2. The standard InChI is InChI=1S/C19H21NO4S/c1-12-3-2-4-13(7-12)8-14(19(22)23)10-20-18(21)17-9-15-11-24-6-5-16(15)25-17/h2-4,7,9,14H,5-6,8,10-11H2,1H3,(H,20,21)(H,22,23). The van der Waals surface area contributed by atoms with Crippen molar-refractivity contribution in [2.24, 2.45) is 5.92 Å². The zero-order chi connectivity index (χ0) is 17.8. The summed E-state index contributed by atoms with van der Waals surface area (Å²) in [5.74, 6) is -1.76. The zero-order valence-corrected chi connectivity index (χ0v) is 14.9. The Morgan fingerprint density at radius 1 is 1.36 bits per heavy atom. The van der Waals surface area contributed by atoms with E-state index in [1.165, 1.54) is 16.2 Å². The number of carbonyl (C=O) groups excluding carboxylic acids is 1. The van der Waals surface area contributed by atoms with Crippen LogP contribution in [0.1, 0.15) is 31.2 Å². The molecule has 1 aromatic heterocycles. The fourth-order valence-electron chi connectivity index (χ4n) is 2.93. The molecule has 1 aromatic carbocycles. The largest absolute Gasteiger partial charge is 0.481 e. The molecule has 132 valence electrons. The highest BCUT2D eigenvalue weighted by molar-refractivity contribution is 7.14. The summed E-state index contributed by atoms with van der Waals surface area (Å²) in [5, 5.41) is 12.2. The molecule has 1 atom stereocenters. The van der Waals surface area contributed by atoms with E-state index in [4.69, 9.17) is 4.74 Å². The average molecular weight is 359 g/mol. The molecule has 1 aliphatic rings. The van der Waals surface area contributed by atoms with Crippen LogP contribution in [0.25, 0.3) is 0 Å². The molecule has 0 fully saturated rings. The summed E-state index contributed by atoms with van der Waals surface area (Å²) in [6, 6.07) is 9.64. The Kier molecular flexibility index (Phi) is 5.50. The van der Waals surface area contributed by atoms with E-state index in [1.807, 2.05) is 37.3 Å². The van der Waals surface area contributed by atoms with Gasteiger partial charge in [-0.1, -0.05) is 29.8 Å². The second-order valence-electron chi connectivity index (χ2n) is 6.30. The third-order valence-electron chi connectivity index (χ3n) is 4.27. The number of aryl methyl sites for hydroxylation is 1. The van der Waals surface area contributed by atoms with Crippen molar-refractivity contribution < 1.29 is 19.4 Å². The first-order valence-corrected chi connectivity index (χ1v) is 9.10. The molecule has 0 spiro atoms. The van der Waals surface area contributed by atoms with Crippen LogP contribution >= 0.6 is 11.3 Å². The lowest BCUT2D eigenvalue weighted by molar-refractivity contribution is -0.141. The van der Waals surface area contributed by atoms with Crippen LogP contribution in [0.15, 0.2) is 30.3 Å². The number of nitrogens with one attached hydrogen (secondary N) is 1. The second kappa shape index (κ2) is 7.80. The maximum Gasteiger partial charge on any atom is 0.308 e. The maximum atomic E-state index is 12.4. The van der Waals surface area contributed by atoms with Gasteiger partial charge in [-0.3, -0.25) is 9.59 Å². The summed E-state index contributed by atoms with van der Waals surface area (Å²) in [7, 11) is 0. The molecule has 2 aromatic rings. The Balaban J connectivity index is 1.62. The lowest BCUT2D eigenvalue weighted by atomic mass is 9.98. The molecule has 0 aliphatic carbocycles. The Morgan fingerprint density at radius 2 is 2.20 bits per heavy atom. The van der Waals surface area contributed by atoms with Crippen molar-refractivity contribution in [3.05, 3.63) is 56.8 Å². The van der Waals surface area contributed by atoms with Crippen molar-refractivity contribution in [1.29, 1.82) is 0 Å². The number of carboxylic acid groups (broad SMARTS) is 1. The first-order valence-electron chi connectivity index (χ1n) is 8.29. The van der Waals surface area contributed by atoms with Crippen molar-refractivity contribution in [1.82, 2.24) is 5.32 Å². The number of benzene rings is 1.